The van der Waals surface area contributed by atoms with Crippen molar-refractivity contribution in [2.24, 2.45) is 0 Å². The van der Waals surface area contributed by atoms with Crippen LogP contribution in [0, 0.1) is 0 Å². The first-order chi connectivity index (χ1) is 38.4. The fourth-order valence-electron chi connectivity index (χ4n) is 13.1. The predicted octanol–water partition coefficient (Wildman–Crippen LogP) is 21.2. The topological polar surface area (TPSA) is 6.48 Å². The minimum absolute atomic E-state index is 0.0200. The smallest absolute Gasteiger partial charge is 0.0732 e. The quantitative estimate of drug-likeness (QED) is 0.140. The van der Waals surface area contributed by atoms with Gasteiger partial charge in [0.05, 0.1) is 5.41 Å². The van der Waals surface area contributed by atoms with E-state index >= 15 is 0 Å². The number of fused-ring (bicyclic) bond motifs is 15. The Morgan fingerprint density at radius 3 is 1.13 bits per heavy atom. The van der Waals surface area contributed by atoms with Crippen molar-refractivity contribution in [1.82, 2.24) is 0 Å². The van der Waals surface area contributed by atoms with E-state index in [1.54, 1.807) is 0 Å². The third kappa shape index (κ3) is 7.84. The lowest BCUT2D eigenvalue weighted by molar-refractivity contribution is 0.590. The number of hydrogen-bond donors (Lipinski definition) is 0. The lowest BCUT2D eigenvalue weighted by atomic mass is 9.69. The molecule has 2 heteroatoms. The highest BCUT2D eigenvalue weighted by atomic mass is 15.1. The molecule has 0 aliphatic heterocycles. The van der Waals surface area contributed by atoms with Crippen LogP contribution >= 0.6 is 0 Å². The average molecular weight is 1020 g/mol. The molecule has 0 heterocycles. The Bertz CT molecular complexity index is 4230. The molecule has 1 spiro atoms. The molecule has 12 aromatic carbocycles. The minimum atomic E-state index is -0.633. The molecule has 0 unspecified atom stereocenters. The molecule has 79 heavy (non-hydrogen) atoms. The fraction of sp³-hybridized carbons (Fsp3) is 0.117. The standard InChI is InChI=1S/C77H62N2/c1-75(2,3)55-33-41-59(42-34-55)78(57-37-29-53(30-38-57)51-19-9-7-10-20-51)61-45-47-67-69(49-61)63-23-13-14-26-66(63)73-68-48-46-62(50-72(68)77(74(67)73)70-27-17-15-24-64(70)65-25-16-18-28-71(65)77)79(60-43-35-56(36-44-60)76(4,5)6)58-39-31-54(32-40-58)52-21-11-8-12-22-52/h7-50H,1-6H3. The summed E-state index contributed by atoms with van der Waals surface area (Å²) in [7, 11) is 0. The van der Waals surface area contributed by atoms with E-state index < -0.39 is 5.41 Å². The largest absolute Gasteiger partial charge is 0.310 e. The van der Waals surface area contributed by atoms with Crippen molar-refractivity contribution < 1.29 is 0 Å². The highest BCUT2D eigenvalue weighted by Gasteiger charge is 2.53. The maximum Gasteiger partial charge on any atom is 0.0732 e. The zero-order chi connectivity index (χ0) is 53.6. The zero-order valence-electron chi connectivity index (χ0n) is 45.8. The molecular weight excluding hydrogens is 953 g/mol. The summed E-state index contributed by atoms with van der Waals surface area (Å²) in [5.41, 5.74) is 24.0. The van der Waals surface area contributed by atoms with Crippen molar-refractivity contribution in [2.75, 3.05) is 9.80 Å². The van der Waals surface area contributed by atoms with Crippen LogP contribution in [0.15, 0.2) is 267 Å². The highest BCUT2D eigenvalue weighted by Crippen LogP contribution is 2.66. The third-order valence-corrected chi connectivity index (χ3v) is 17.0. The fourth-order valence-corrected chi connectivity index (χ4v) is 13.1. The molecule has 0 fully saturated rings. The van der Waals surface area contributed by atoms with Gasteiger partial charge in [-0.3, -0.25) is 0 Å². The maximum absolute atomic E-state index is 2.54. The van der Waals surface area contributed by atoms with E-state index in [2.05, 4.69) is 318 Å². The first-order valence-electron chi connectivity index (χ1n) is 27.9. The molecule has 0 aromatic heterocycles. The molecule has 2 aliphatic carbocycles. The Labute approximate surface area is 465 Å². The van der Waals surface area contributed by atoms with Crippen LogP contribution in [0.4, 0.5) is 34.1 Å². The van der Waals surface area contributed by atoms with E-state index in [1.165, 1.54) is 99.4 Å². The monoisotopic (exact) mass is 1010 g/mol. The van der Waals surface area contributed by atoms with Crippen LogP contribution in [0.5, 0.6) is 0 Å². The second-order valence-corrected chi connectivity index (χ2v) is 23.7. The van der Waals surface area contributed by atoms with Crippen LogP contribution in [0.1, 0.15) is 74.9 Å². The number of hydrogen-bond acceptors (Lipinski definition) is 2. The van der Waals surface area contributed by atoms with Crippen LogP contribution in [0.3, 0.4) is 0 Å². The highest BCUT2D eigenvalue weighted by molar-refractivity contribution is 6.21. The van der Waals surface area contributed by atoms with E-state index in [4.69, 9.17) is 0 Å². The lowest BCUT2D eigenvalue weighted by Crippen LogP contribution is -2.26. The Morgan fingerprint density at radius 2 is 0.646 bits per heavy atom. The molecule has 12 aromatic rings. The number of rotatable bonds is 8. The van der Waals surface area contributed by atoms with E-state index in [1.807, 2.05) is 0 Å². The predicted molar refractivity (Wildman–Crippen MR) is 335 cm³/mol. The van der Waals surface area contributed by atoms with Gasteiger partial charge in [-0.15, -0.1) is 0 Å². The Kier molecular flexibility index (Phi) is 11.3. The first kappa shape index (κ1) is 48.2. The minimum Gasteiger partial charge on any atom is -0.310 e. The second-order valence-electron chi connectivity index (χ2n) is 23.7. The summed E-state index contributed by atoms with van der Waals surface area (Å²) in [4.78, 5) is 4.90. The first-order valence-corrected chi connectivity index (χ1v) is 27.9. The van der Waals surface area contributed by atoms with Crippen molar-refractivity contribution in [3.8, 4) is 44.5 Å². The normalized spacial score (nSPS) is 13.0. The zero-order valence-corrected chi connectivity index (χ0v) is 45.8. The summed E-state index contributed by atoms with van der Waals surface area (Å²) in [5, 5.41) is 4.99. The van der Waals surface area contributed by atoms with E-state index in [0.29, 0.717) is 0 Å². The number of anilines is 6. The van der Waals surface area contributed by atoms with Crippen molar-refractivity contribution in [3.05, 3.63) is 300 Å². The van der Waals surface area contributed by atoms with Crippen LogP contribution in [-0.2, 0) is 16.2 Å². The molecule has 0 atom stereocenters. The van der Waals surface area contributed by atoms with Gasteiger partial charge in [-0.05, 0) is 183 Å². The van der Waals surface area contributed by atoms with Gasteiger partial charge in [0.1, 0.15) is 0 Å². The molecule has 0 amide bonds. The van der Waals surface area contributed by atoms with Crippen molar-refractivity contribution in [1.29, 1.82) is 0 Å². The summed E-state index contributed by atoms with van der Waals surface area (Å²) in [5.74, 6) is 0. The van der Waals surface area contributed by atoms with Gasteiger partial charge in [0.2, 0.25) is 0 Å². The number of nitrogens with zero attached hydrogens (tertiary/aromatic N) is 2. The van der Waals surface area contributed by atoms with Gasteiger partial charge in [0.25, 0.3) is 0 Å². The van der Waals surface area contributed by atoms with Gasteiger partial charge in [-0.2, -0.15) is 0 Å². The van der Waals surface area contributed by atoms with Crippen LogP contribution < -0.4 is 9.80 Å². The Morgan fingerprint density at radius 1 is 0.266 bits per heavy atom. The lowest BCUT2D eigenvalue weighted by Gasteiger charge is -2.33. The summed E-state index contributed by atoms with van der Waals surface area (Å²) >= 11 is 0. The van der Waals surface area contributed by atoms with Crippen molar-refractivity contribution in [3.63, 3.8) is 0 Å². The van der Waals surface area contributed by atoms with Gasteiger partial charge in [0.15, 0.2) is 0 Å². The molecule has 0 radical (unpaired) electrons. The van der Waals surface area contributed by atoms with Gasteiger partial charge >= 0.3 is 0 Å². The molecule has 0 saturated carbocycles. The van der Waals surface area contributed by atoms with Crippen LogP contribution in [0.25, 0.3) is 66.1 Å². The second kappa shape index (κ2) is 18.5. The van der Waals surface area contributed by atoms with Crippen LogP contribution in [0.2, 0.25) is 0 Å². The summed E-state index contributed by atoms with van der Waals surface area (Å²) < 4.78 is 0. The molecule has 2 aliphatic rings. The summed E-state index contributed by atoms with van der Waals surface area (Å²) in [6.07, 6.45) is 0. The van der Waals surface area contributed by atoms with E-state index in [0.717, 1.165) is 34.1 Å². The molecule has 0 saturated heterocycles. The van der Waals surface area contributed by atoms with Crippen molar-refractivity contribution >= 4 is 55.7 Å². The van der Waals surface area contributed by atoms with Crippen LogP contribution in [-0.4, -0.2) is 0 Å². The Hall–Kier alpha value is -9.24. The van der Waals surface area contributed by atoms with E-state index in [9.17, 15) is 0 Å². The van der Waals surface area contributed by atoms with Crippen molar-refractivity contribution in [2.45, 2.75) is 57.8 Å². The number of benzene rings is 12. The summed E-state index contributed by atoms with van der Waals surface area (Å²) in [6.45, 7) is 13.7. The average Bonchev–Trinajstić information content (AvgIpc) is 2.10. The molecule has 14 rings (SSSR count). The van der Waals surface area contributed by atoms with Gasteiger partial charge < -0.3 is 9.80 Å². The van der Waals surface area contributed by atoms with Gasteiger partial charge in [-0.25, -0.2) is 0 Å². The van der Waals surface area contributed by atoms with Gasteiger partial charge in [-0.1, -0.05) is 236 Å². The Balaban J connectivity index is 1.01. The third-order valence-electron chi connectivity index (χ3n) is 17.0. The molecule has 380 valence electrons. The van der Waals surface area contributed by atoms with E-state index in [-0.39, 0.29) is 10.8 Å². The SMILES string of the molecule is CC(C)(C)c1ccc(N(c2ccc(-c3ccccc3)cc2)c2ccc3c(c2)C2(c4ccccc4-c4ccccc42)c2c-3c3ccccc3c3cc(N(c4ccc(-c5ccccc5)cc4)c4ccc(C(C)(C)C)cc4)ccc23)cc1. The maximum atomic E-state index is 2.54. The molecule has 2 nitrogen and oxygen atoms in total. The molecule has 0 N–H and O–H groups in total. The summed E-state index contributed by atoms with van der Waals surface area (Å²) in [6, 6.07) is 100. The molecule has 0 bridgehead atoms. The van der Waals surface area contributed by atoms with Gasteiger partial charge in [0, 0.05) is 34.1 Å². The molecular formula is C77H62N2.